The van der Waals surface area contributed by atoms with Crippen molar-refractivity contribution in [3.8, 4) is 0 Å². The Kier molecular flexibility index (Phi) is 5.93. The standard InChI is InChI=1S/C10H20N2O3/c1-5-7(2)9(10(14)15)11-8(13)6-12(3)4/h7,9H,5-6H2,1-4H3,(H,11,13)(H,14,15). The summed E-state index contributed by atoms with van der Waals surface area (Å²) in [4.78, 5) is 24.0. The van der Waals surface area contributed by atoms with Gasteiger partial charge in [0.25, 0.3) is 0 Å². The second kappa shape index (κ2) is 6.40. The Hall–Kier alpha value is -1.10. The molecule has 0 rings (SSSR count). The molecule has 5 heteroatoms. The zero-order chi connectivity index (χ0) is 12.0. The lowest BCUT2D eigenvalue weighted by Crippen LogP contribution is -2.47. The van der Waals surface area contributed by atoms with Crippen molar-refractivity contribution in [3.63, 3.8) is 0 Å². The highest BCUT2D eigenvalue weighted by molar-refractivity contribution is 5.84. The number of nitrogens with zero attached hydrogens (tertiary/aromatic N) is 1. The highest BCUT2D eigenvalue weighted by Crippen LogP contribution is 2.07. The van der Waals surface area contributed by atoms with Crippen LogP contribution in [0.15, 0.2) is 0 Å². The van der Waals surface area contributed by atoms with Crippen LogP contribution in [-0.2, 0) is 9.59 Å². The van der Waals surface area contributed by atoms with E-state index in [0.717, 1.165) is 6.42 Å². The van der Waals surface area contributed by atoms with Crippen molar-refractivity contribution < 1.29 is 14.7 Å². The molecule has 0 saturated heterocycles. The third kappa shape index (κ3) is 5.37. The summed E-state index contributed by atoms with van der Waals surface area (Å²) >= 11 is 0. The SMILES string of the molecule is CCC(C)C(NC(=O)CN(C)C)C(=O)O. The maximum atomic E-state index is 11.4. The molecule has 5 nitrogen and oxygen atoms in total. The number of carboxylic acid groups (broad SMARTS) is 1. The monoisotopic (exact) mass is 216 g/mol. The Morgan fingerprint density at radius 2 is 1.93 bits per heavy atom. The van der Waals surface area contributed by atoms with Crippen LogP contribution in [0.1, 0.15) is 20.3 Å². The zero-order valence-electron chi connectivity index (χ0n) is 9.78. The van der Waals surface area contributed by atoms with Gasteiger partial charge < -0.3 is 15.3 Å². The molecule has 0 fully saturated rings. The smallest absolute Gasteiger partial charge is 0.326 e. The lowest BCUT2D eigenvalue weighted by atomic mass is 9.99. The Morgan fingerprint density at radius 3 is 2.27 bits per heavy atom. The molecule has 0 aliphatic rings. The Bertz CT molecular complexity index is 229. The van der Waals surface area contributed by atoms with E-state index < -0.39 is 12.0 Å². The second-order valence-electron chi connectivity index (χ2n) is 4.01. The number of likely N-dealkylation sites (N-methyl/N-ethyl adjacent to an activating group) is 1. The molecule has 0 aliphatic heterocycles. The minimum absolute atomic E-state index is 0.0615. The third-order valence-corrected chi connectivity index (χ3v) is 2.26. The van der Waals surface area contributed by atoms with Crippen molar-refractivity contribution >= 4 is 11.9 Å². The van der Waals surface area contributed by atoms with E-state index in [9.17, 15) is 9.59 Å². The van der Waals surface area contributed by atoms with Crippen molar-refractivity contribution in [1.29, 1.82) is 0 Å². The molecule has 0 aromatic carbocycles. The van der Waals surface area contributed by atoms with Crippen molar-refractivity contribution in [2.45, 2.75) is 26.3 Å². The molecule has 88 valence electrons. The average molecular weight is 216 g/mol. The number of carboxylic acids is 1. The van der Waals surface area contributed by atoms with Crippen molar-refractivity contribution in [1.82, 2.24) is 10.2 Å². The largest absolute Gasteiger partial charge is 0.480 e. The van der Waals surface area contributed by atoms with Gasteiger partial charge in [0.15, 0.2) is 0 Å². The molecule has 0 spiro atoms. The number of hydrogen-bond donors (Lipinski definition) is 2. The summed E-state index contributed by atoms with van der Waals surface area (Å²) in [5, 5.41) is 11.4. The summed E-state index contributed by atoms with van der Waals surface area (Å²) in [5.74, 6) is -1.29. The van der Waals surface area contributed by atoms with Crippen LogP contribution in [0.5, 0.6) is 0 Å². The summed E-state index contributed by atoms with van der Waals surface area (Å²) in [7, 11) is 3.53. The summed E-state index contributed by atoms with van der Waals surface area (Å²) in [6.07, 6.45) is 0.721. The highest BCUT2D eigenvalue weighted by atomic mass is 16.4. The number of carbonyl (C=O) groups is 2. The fourth-order valence-corrected chi connectivity index (χ4v) is 1.19. The number of amides is 1. The maximum Gasteiger partial charge on any atom is 0.326 e. The summed E-state index contributed by atoms with van der Waals surface area (Å²) in [5.41, 5.74) is 0. The first kappa shape index (κ1) is 13.9. The van der Waals surface area contributed by atoms with E-state index in [1.807, 2.05) is 13.8 Å². The van der Waals surface area contributed by atoms with Crippen molar-refractivity contribution in [2.75, 3.05) is 20.6 Å². The molecule has 0 radical (unpaired) electrons. The minimum Gasteiger partial charge on any atom is -0.480 e. The fraction of sp³-hybridized carbons (Fsp3) is 0.800. The minimum atomic E-state index is -0.976. The van der Waals surface area contributed by atoms with Crippen LogP contribution in [-0.4, -0.2) is 48.6 Å². The maximum absolute atomic E-state index is 11.4. The van der Waals surface area contributed by atoms with Crippen LogP contribution in [0.4, 0.5) is 0 Å². The van der Waals surface area contributed by atoms with Crippen LogP contribution in [0.3, 0.4) is 0 Å². The number of nitrogens with one attached hydrogen (secondary N) is 1. The quantitative estimate of drug-likeness (QED) is 0.663. The number of rotatable bonds is 6. The highest BCUT2D eigenvalue weighted by Gasteiger charge is 2.25. The van der Waals surface area contributed by atoms with Crippen LogP contribution in [0, 0.1) is 5.92 Å². The molecule has 2 unspecified atom stereocenters. The average Bonchev–Trinajstić information content (AvgIpc) is 2.11. The van der Waals surface area contributed by atoms with Gasteiger partial charge in [-0.05, 0) is 20.0 Å². The van der Waals surface area contributed by atoms with E-state index in [-0.39, 0.29) is 18.4 Å². The van der Waals surface area contributed by atoms with Crippen molar-refractivity contribution in [3.05, 3.63) is 0 Å². The molecule has 0 heterocycles. The molecule has 0 aliphatic carbocycles. The molecule has 0 aromatic rings. The lowest BCUT2D eigenvalue weighted by molar-refractivity contribution is -0.143. The number of aliphatic carboxylic acids is 1. The first-order chi connectivity index (χ1) is 6.88. The Morgan fingerprint density at radius 1 is 1.40 bits per heavy atom. The van der Waals surface area contributed by atoms with Gasteiger partial charge in [-0.15, -0.1) is 0 Å². The van der Waals surface area contributed by atoms with Crippen molar-refractivity contribution in [2.24, 2.45) is 5.92 Å². The first-order valence-corrected chi connectivity index (χ1v) is 5.05. The lowest BCUT2D eigenvalue weighted by Gasteiger charge is -2.21. The Labute approximate surface area is 90.5 Å². The van der Waals surface area contributed by atoms with Crippen LogP contribution >= 0.6 is 0 Å². The van der Waals surface area contributed by atoms with E-state index in [1.165, 1.54) is 0 Å². The summed E-state index contributed by atoms with van der Waals surface area (Å²) in [6, 6.07) is -0.789. The molecule has 0 aromatic heterocycles. The first-order valence-electron chi connectivity index (χ1n) is 5.05. The normalized spacial score (nSPS) is 14.7. The van der Waals surface area contributed by atoms with E-state index in [4.69, 9.17) is 5.11 Å². The summed E-state index contributed by atoms with van der Waals surface area (Å²) in [6.45, 7) is 3.92. The van der Waals surface area contributed by atoms with E-state index in [1.54, 1.807) is 19.0 Å². The van der Waals surface area contributed by atoms with Gasteiger partial charge in [0, 0.05) is 0 Å². The molecule has 15 heavy (non-hydrogen) atoms. The van der Waals surface area contributed by atoms with E-state index in [2.05, 4.69) is 5.32 Å². The predicted molar refractivity (Wildman–Crippen MR) is 57.6 cm³/mol. The number of carbonyl (C=O) groups excluding carboxylic acids is 1. The van der Waals surface area contributed by atoms with E-state index >= 15 is 0 Å². The fourth-order valence-electron chi connectivity index (χ4n) is 1.19. The van der Waals surface area contributed by atoms with Crippen LogP contribution in [0.2, 0.25) is 0 Å². The zero-order valence-corrected chi connectivity index (χ0v) is 9.78. The molecule has 0 saturated carbocycles. The molecule has 0 bridgehead atoms. The van der Waals surface area contributed by atoms with Gasteiger partial charge in [-0.2, -0.15) is 0 Å². The Balaban J connectivity index is 4.29. The van der Waals surface area contributed by atoms with Gasteiger partial charge in [-0.25, -0.2) is 4.79 Å². The molecular formula is C10H20N2O3. The topological polar surface area (TPSA) is 69.6 Å². The van der Waals surface area contributed by atoms with Gasteiger partial charge in [0.2, 0.25) is 5.91 Å². The van der Waals surface area contributed by atoms with Gasteiger partial charge in [-0.3, -0.25) is 4.79 Å². The summed E-state index contributed by atoms with van der Waals surface area (Å²) < 4.78 is 0. The number of hydrogen-bond acceptors (Lipinski definition) is 3. The van der Waals surface area contributed by atoms with Gasteiger partial charge in [-0.1, -0.05) is 20.3 Å². The predicted octanol–water partition coefficient (Wildman–Crippen LogP) is 0.164. The molecule has 1 amide bonds. The second-order valence-corrected chi connectivity index (χ2v) is 4.01. The van der Waals surface area contributed by atoms with Crippen LogP contribution in [0.25, 0.3) is 0 Å². The molecular weight excluding hydrogens is 196 g/mol. The van der Waals surface area contributed by atoms with Gasteiger partial charge in [0.05, 0.1) is 6.54 Å². The van der Waals surface area contributed by atoms with E-state index in [0.29, 0.717) is 0 Å². The molecule has 2 N–H and O–H groups in total. The molecule has 2 atom stereocenters. The van der Waals surface area contributed by atoms with Crippen LogP contribution < -0.4 is 5.32 Å². The van der Waals surface area contributed by atoms with Gasteiger partial charge in [0.1, 0.15) is 6.04 Å². The third-order valence-electron chi connectivity index (χ3n) is 2.26. The van der Waals surface area contributed by atoms with Gasteiger partial charge >= 0.3 is 5.97 Å².